The van der Waals surface area contributed by atoms with Gasteiger partial charge in [-0.2, -0.15) is 5.10 Å². The molecule has 0 aliphatic rings. The highest BCUT2D eigenvalue weighted by Crippen LogP contribution is 2.26. The van der Waals surface area contributed by atoms with E-state index in [9.17, 15) is 0 Å². The van der Waals surface area contributed by atoms with Crippen molar-refractivity contribution in [2.24, 2.45) is 0 Å². The molecule has 7 nitrogen and oxygen atoms in total. The normalized spacial score (nSPS) is 10.8. The fourth-order valence-electron chi connectivity index (χ4n) is 2.11. The molecule has 4 aromatic rings. The number of anilines is 1. The molecule has 0 aliphatic heterocycles. The topological polar surface area (TPSA) is 106 Å². The second-order valence-electron chi connectivity index (χ2n) is 4.72. The Hall–Kier alpha value is -3.13. The number of nitrogens with one attached hydrogen (secondary N) is 1. The SMILES string of the molecule is Nc1ncc(-c2cccnc2)nc1-c1n[nH]c(-c2cccs2)n1.[HH]. The van der Waals surface area contributed by atoms with Crippen LogP contribution in [0.25, 0.3) is 33.5 Å². The first-order valence-corrected chi connectivity index (χ1v) is 7.69. The molecule has 23 heavy (non-hydrogen) atoms. The van der Waals surface area contributed by atoms with Crippen molar-refractivity contribution in [1.29, 1.82) is 0 Å². The molecule has 0 aliphatic carbocycles. The van der Waals surface area contributed by atoms with Gasteiger partial charge in [-0.3, -0.25) is 10.1 Å². The summed E-state index contributed by atoms with van der Waals surface area (Å²) in [4.78, 5) is 18.3. The van der Waals surface area contributed by atoms with Gasteiger partial charge >= 0.3 is 0 Å². The number of H-pyrrole nitrogens is 1. The lowest BCUT2D eigenvalue weighted by molar-refractivity contribution is 1.08. The number of aromatic nitrogens is 6. The molecule has 4 rings (SSSR count). The summed E-state index contributed by atoms with van der Waals surface area (Å²) in [5.74, 6) is 1.39. The molecule has 0 spiro atoms. The first-order valence-electron chi connectivity index (χ1n) is 6.81. The summed E-state index contributed by atoms with van der Waals surface area (Å²) in [6.45, 7) is 0. The number of rotatable bonds is 3. The van der Waals surface area contributed by atoms with Crippen LogP contribution in [0.2, 0.25) is 0 Å². The zero-order valence-corrected chi connectivity index (χ0v) is 12.7. The van der Waals surface area contributed by atoms with Crippen LogP contribution in [-0.2, 0) is 0 Å². The molecular weight excluding hydrogens is 310 g/mol. The van der Waals surface area contributed by atoms with Crippen LogP contribution < -0.4 is 5.73 Å². The molecule has 0 saturated heterocycles. The maximum Gasteiger partial charge on any atom is 0.203 e. The van der Waals surface area contributed by atoms with E-state index in [2.05, 4.69) is 30.1 Å². The lowest BCUT2D eigenvalue weighted by Gasteiger charge is -2.04. The molecule has 0 radical (unpaired) electrons. The monoisotopic (exact) mass is 323 g/mol. The average Bonchev–Trinajstić information content (AvgIpc) is 3.27. The number of thiophene rings is 1. The fraction of sp³-hybridized carbons (Fsp3) is 0. The first kappa shape index (κ1) is 13.5. The van der Waals surface area contributed by atoms with Gasteiger partial charge in [0.25, 0.3) is 0 Å². The summed E-state index contributed by atoms with van der Waals surface area (Å²) in [6, 6.07) is 7.68. The fourth-order valence-corrected chi connectivity index (χ4v) is 2.77. The van der Waals surface area contributed by atoms with E-state index in [-0.39, 0.29) is 7.24 Å². The van der Waals surface area contributed by atoms with Gasteiger partial charge in [0.1, 0.15) is 0 Å². The van der Waals surface area contributed by atoms with E-state index in [1.165, 1.54) is 0 Å². The van der Waals surface area contributed by atoms with Gasteiger partial charge < -0.3 is 5.73 Å². The molecule has 0 aromatic carbocycles. The van der Waals surface area contributed by atoms with Crippen molar-refractivity contribution in [1.82, 2.24) is 30.1 Å². The minimum Gasteiger partial charge on any atom is -0.382 e. The predicted octanol–water partition coefficient (Wildman–Crippen LogP) is 2.88. The van der Waals surface area contributed by atoms with Crippen LogP contribution in [-0.4, -0.2) is 30.1 Å². The number of pyridine rings is 1. The summed E-state index contributed by atoms with van der Waals surface area (Å²) in [5.41, 5.74) is 7.92. The molecular formula is C15H13N7S. The van der Waals surface area contributed by atoms with Crippen LogP contribution in [0.1, 0.15) is 1.43 Å². The van der Waals surface area contributed by atoms with Crippen molar-refractivity contribution in [3.05, 3.63) is 48.2 Å². The minimum absolute atomic E-state index is 0. The van der Waals surface area contributed by atoms with E-state index in [0.717, 1.165) is 10.4 Å². The number of nitrogens with two attached hydrogens (primary N) is 1. The van der Waals surface area contributed by atoms with Crippen molar-refractivity contribution in [3.8, 4) is 33.5 Å². The van der Waals surface area contributed by atoms with Crippen LogP contribution in [0.15, 0.2) is 48.2 Å². The van der Waals surface area contributed by atoms with Gasteiger partial charge in [-0.05, 0) is 23.6 Å². The van der Waals surface area contributed by atoms with Crippen molar-refractivity contribution >= 4 is 17.2 Å². The molecule has 0 atom stereocenters. The third kappa shape index (κ3) is 2.55. The Bertz CT molecular complexity index is 938. The van der Waals surface area contributed by atoms with Gasteiger partial charge in [0.15, 0.2) is 17.3 Å². The summed E-state index contributed by atoms with van der Waals surface area (Å²) in [5, 5.41) is 9.10. The second kappa shape index (κ2) is 5.58. The quantitative estimate of drug-likeness (QED) is 0.600. The smallest absolute Gasteiger partial charge is 0.203 e. The lowest BCUT2D eigenvalue weighted by atomic mass is 10.2. The van der Waals surface area contributed by atoms with Gasteiger partial charge in [-0.25, -0.2) is 15.0 Å². The Morgan fingerprint density at radius 3 is 2.87 bits per heavy atom. The zero-order chi connectivity index (χ0) is 15.6. The Kier molecular flexibility index (Phi) is 3.28. The van der Waals surface area contributed by atoms with E-state index < -0.39 is 0 Å². The van der Waals surface area contributed by atoms with E-state index in [4.69, 9.17) is 5.73 Å². The highest BCUT2D eigenvalue weighted by Gasteiger charge is 2.15. The maximum absolute atomic E-state index is 5.95. The number of hydrogen-bond donors (Lipinski definition) is 2. The first-order chi connectivity index (χ1) is 11.3. The largest absolute Gasteiger partial charge is 0.382 e. The van der Waals surface area contributed by atoms with Crippen molar-refractivity contribution in [2.45, 2.75) is 0 Å². The molecule has 4 aromatic heterocycles. The van der Waals surface area contributed by atoms with Crippen LogP contribution in [0.5, 0.6) is 0 Å². The van der Waals surface area contributed by atoms with Crippen molar-refractivity contribution < 1.29 is 1.43 Å². The highest BCUT2D eigenvalue weighted by atomic mass is 32.1. The predicted molar refractivity (Wildman–Crippen MR) is 90.5 cm³/mol. The summed E-state index contributed by atoms with van der Waals surface area (Å²) in [7, 11) is 0. The molecule has 3 N–H and O–H groups in total. The minimum atomic E-state index is 0. The Morgan fingerprint density at radius 2 is 2.09 bits per heavy atom. The molecule has 4 heterocycles. The lowest BCUT2D eigenvalue weighted by Crippen LogP contribution is -2.00. The highest BCUT2D eigenvalue weighted by molar-refractivity contribution is 7.13. The Labute approximate surface area is 136 Å². The third-order valence-corrected chi connectivity index (χ3v) is 4.09. The van der Waals surface area contributed by atoms with Gasteiger partial charge in [-0.1, -0.05) is 6.07 Å². The van der Waals surface area contributed by atoms with Gasteiger partial charge in [-0.15, -0.1) is 11.3 Å². The summed E-state index contributed by atoms with van der Waals surface area (Å²) < 4.78 is 0. The van der Waals surface area contributed by atoms with E-state index in [1.54, 1.807) is 29.9 Å². The molecule has 0 fully saturated rings. The second-order valence-corrected chi connectivity index (χ2v) is 5.66. The molecule has 114 valence electrons. The van der Waals surface area contributed by atoms with Crippen molar-refractivity contribution in [2.75, 3.05) is 5.73 Å². The maximum atomic E-state index is 5.95. The number of hydrogen-bond acceptors (Lipinski definition) is 7. The molecule has 0 bridgehead atoms. The van der Waals surface area contributed by atoms with Gasteiger partial charge in [0.05, 0.1) is 16.8 Å². The average molecular weight is 323 g/mol. The number of nitrogens with zero attached hydrogens (tertiary/aromatic N) is 5. The number of nitrogen functional groups attached to an aromatic ring is 1. The van der Waals surface area contributed by atoms with Crippen LogP contribution >= 0.6 is 11.3 Å². The summed E-state index contributed by atoms with van der Waals surface area (Å²) >= 11 is 1.58. The standard InChI is InChI=1S/C15H11N7S.H2/c16-13-12(15-20-14(21-22-15)11-4-2-6-23-11)19-10(8-18-13)9-3-1-5-17-7-9;/h1-8H,(H2,16,18)(H,20,21,22);1H. The van der Waals surface area contributed by atoms with Crippen LogP contribution in [0.3, 0.4) is 0 Å². The molecule has 8 heteroatoms. The number of aromatic amines is 1. The third-order valence-electron chi connectivity index (χ3n) is 3.21. The Morgan fingerprint density at radius 1 is 1.13 bits per heavy atom. The Balaban J connectivity index is 0.00000169. The van der Waals surface area contributed by atoms with Gasteiger partial charge in [0, 0.05) is 19.4 Å². The van der Waals surface area contributed by atoms with Crippen LogP contribution in [0.4, 0.5) is 5.82 Å². The van der Waals surface area contributed by atoms with Crippen molar-refractivity contribution in [3.63, 3.8) is 0 Å². The van der Waals surface area contributed by atoms with E-state index in [1.807, 2.05) is 29.6 Å². The zero-order valence-electron chi connectivity index (χ0n) is 11.8. The molecule has 0 amide bonds. The van der Waals surface area contributed by atoms with E-state index >= 15 is 0 Å². The molecule has 0 saturated carbocycles. The molecule has 0 unspecified atom stereocenters. The summed E-state index contributed by atoms with van der Waals surface area (Å²) in [6.07, 6.45) is 5.04. The van der Waals surface area contributed by atoms with E-state index in [0.29, 0.717) is 23.0 Å². The van der Waals surface area contributed by atoms with Gasteiger partial charge in [0.2, 0.25) is 5.82 Å². The van der Waals surface area contributed by atoms with Crippen LogP contribution in [0, 0.1) is 0 Å².